The minimum absolute atomic E-state index is 0.567. The summed E-state index contributed by atoms with van der Waals surface area (Å²) >= 11 is 13.2. The van der Waals surface area contributed by atoms with Gasteiger partial charge in [0.05, 0.1) is 24.5 Å². The molecule has 0 heterocycles. The SMILES string of the molecule is [CH2]c1cccc(N(Cl)Cc2ccccc2)c1N(Cl)Cc1ccccc1. The molecular formula is C21H19Cl2N2. The van der Waals surface area contributed by atoms with Crippen LogP contribution in [-0.4, -0.2) is 0 Å². The van der Waals surface area contributed by atoms with Crippen molar-refractivity contribution in [2.75, 3.05) is 8.84 Å². The lowest BCUT2D eigenvalue weighted by molar-refractivity contribution is 1.01. The minimum Gasteiger partial charge on any atom is -0.279 e. The molecule has 0 atom stereocenters. The molecule has 0 amide bonds. The first-order valence-electron chi connectivity index (χ1n) is 8.04. The standard InChI is InChI=1S/C21H19Cl2N2/c1-17-9-8-14-20(24(22)15-18-10-4-2-5-11-18)21(17)25(23)16-19-12-6-3-7-13-19/h2-14H,1,15-16H2. The Balaban J connectivity index is 1.86. The molecule has 0 aromatic heterocycles. The Morgan fingerprint density at radius 1 is 0.640 bits per heavy atom. The average molecular weight is 370 g/mol. The van der Waals surface area contributed by atoms with Crippen LogP contribution in [0.1, 0.15) is 16.7 Å². The minimum atomic E-state index is 0.567. The Morgan fingerprint density at radius 2 is 1.16 bits per heavy atom. The highest BCUT2D eigenvalue weighted by Gasteiger charge is 2.17. The Bertz CT molecular complexity index is 807. The lowest BCUT2D eigenvalue weighted by atomic mass is 10.1. The number of rotatable bonds is 6. The van der Waals surface area contributed by atoms with E-state index in [0.717, 1.165) is 28.1 Å². The van der Waals surface area contributed by atoms with Gasteiger partial charge in [-0.05, 0) is 29.7 Å². The summed E-state index contributed by atoms with van der Waals surface area (Å²) in [5.41, 5.74) is 4.74. The predicted molar refractivity (Wildman–Crippen MR) is 108 cm³/mol. The van der Waals surface area contributed by atoms with Crippen LogP contribution in [0, 0.1) is 6.92 Å². The maximum atomic E-state index is 6.61. The van der Waals surface area contributed by atoms with Gasteiger partial charge in [-0.15, -0.1) is 0 Å². The van der Waals surface area contributed by atoms with Gasteiger partial charge in [0.25, 0.3) is 0 Å². The highest BCUT2D eigenvalue weighted by atomic mass is 35.5. The third-order valence-corrected chi connectivity index (χ3v) is 4.52. The number of hydrogen-bond acceptors (Lipinski definition) is 2. The first kappa shape index (κ1) is 17.7. The second-order valence-corrected chi connectivity index (χ2v) is 6.61. The van der Waals surface area contributed by atoms with Crippen LogP contribution < -0.4 is 8.84 Å². The summed E-state index contributed by atoms with van der Waals surface area (Å²) in [7, 11) is 0. The van der Waals surface area contributed by atoms with Crippen molar-refractivity contribution < 1.29 is 0 Å². The molecule has 0 N–H and O–H groups in total. The monoisotopic (exact) mass is 369 g/mol. The van der Waals surface area contributed by atoms with E-state index in [1.807, 2.05) is 78.9 Å². The van der Waals surface area contributed by atoms with Gasteiger partial charge in [0.1, 0.15) is 0 Å². The zero-order valence-corrected chi connectivity index (χ0v) is 15.3. The maximum absolute atomic E-state index is 6.61. The number of hydrogen-bond donors (Lipinski definition) is 0. The van der Waals surface area contributed by atoms with Crippen LogP contribution >= 0.6 is 23.6 Å². The molecule has 0 saturated carbocycles. The van der Waals surface area contributed by atoms with E-state index in [9.17, 15) is 0 Å². The lowest BCUT2D eigenvalue weighted by Gasteiger charge is -2.26. The molecule has 0 bridgehead atoms. The van der Waals surface area contributed by atoms with Gasteiger partial charge < -0.3 is 0 Å². The van der Waals surface area contributed by atoms with Crippen LogP contribution in [0.3, 0.4) is 0 Å². The molecule has 0 saturated heterocycles. The topological polar surface area (TPSA) is 6.48 Å². The molecule has 0 spiro atoms. The van der Waals surface area contributed by atoms with Gasteiger partial charge >= 0.3 is 0 Å². The van der Waals surface area contributed by atoms with Crippen molar-refractivity contribution in [2.24, 2.45) is 0 Å². The van der Waals surface area contributed by atoms with Crippen molar-refractivity contribution in [1.29, 1.82) is 0 Å². The highest BCUT2D eigenvalue weighted by Crippen LogP contribution is 2.36. The van der Waals surface area contributed by atoms with Crippen molar-refractivity contribution in [3.63, 3.8) is 0 Å². The molecule has 2 nitrogen and oxygen atoms in total. The summed E-state index contributed by atoms with van der Waals surface area (Å²) in [5, 5.41) is 0. The Kier molecular flexibility index (Phi) is 5.85. The summed E-state index contributed by atoms with van der Waals surface area (Å²) < 4.78 is 3.35. The zero-order valence-electron chi connectivity index (χ0n) is 13.8. The summed E-state index contributed by atoms with van der Waals surface area (Å²) in [6.07, 6.45) is 0. The molecule has 0 aliphatic rings. The van der Waals surface area contributed by atoms with Crippen molar-refractivity contribution in [3.05, 3.63) is 102 Å². The molecular weight excluding hydrogens is 351 g/mol. The van der Waals surface area contributed by atoms with E-state index in [0.29, 0.717) is 13.1 Å². The molecule has 0 fully saturated rings. The van der Waals surface area contributed by atoms with E-state index in [4.69, 9.17) is 23.6 Å². The maximum Gasteiger partial charge on any atom is 0.0805 e. The predicted octanol–water partition coefficient (Wildman–Crippen LogP) is 6.19. The van der Waals surface area contributed by atoms with Crippen molar-refractivity contribution in [3.8, 4) is 0 Å². The molecule has 25 heavy (non-hydrogen) atoms. The highest BCUT2D eigenvalue weighted by molar-refractivity contribution is 6.30. The third kappa shape index (κ3) is 4.47. The quantitative estimate of drug-likeness (QED) is 0.478. The van der Waals surface area contributed by atoms with E-state index in [-0.39, 0.29) is 0 Å². The van der Waals surface area contributed by atoms with Crippen LogP contribution in [0.2, 0.25) is 0 Å². The van der Waals surface area contributed by atoms with Crippen molar-refractivity contribution in [1.82, 2.24) is 0 Å². The fourth-order valence-corrected chi connectivity index (χ4v) is 3.31. The molecule has 4 heteroatoms. The second-order valence-electron chi connectivity index (χ2n) is 5.80. The number of para-hydroxylation sites is 1. The van der Waals surface area contributed by atoms with Crippen LogP contribution in [-0.2, 0) is 13.1 Å². The fraction of sp³-hybridized carbons (Fsp3) is 0.0952. The van der Waals surface area contributed by atoms with Crippen LogP contribution in [0.5, 0.6) is 0 Å². The fourth-order valence-electron chi connectivity index (χ4n) is 2.71. The Hall–Kier alpha value is -2.16. The van der Waals surface area contributed by atoms with Gasteiger partial charge in [-0.25, -0.2) is 0 Å². The summed E-state index contributed by atoms with van der Waals surface area (Å²) in [6.45, 7) is 5.27. The largest absolute Gasteiger partial charge is 0.279 e. The molecule has 1 radical (unpaired) electrons. The van der Waals surface area contributed by atoms with E-state index in [1.54, 1.807) is 8.84 Å². The van der Waals surface area contributed by atoms with Crippen molar-refractivity contribution in [2.45, 2.75) is 13.1 Å². The van der Waals surface area contributed by atoms with Gasteiger partial charge in [-0.3, -0.25) is 8.84 Å². The van der Waals surface area contributed by atoms with Gasteiger partial charge in [0.15, 0.2) is 0 Å². The summed E-state index contributed by atoms with van der Waals surface area (Å²) in [4.78, 5) is 0. The Morgan fingerprint density at radius 3 is 1.72 bits per heavy atom. The summed E-state index contributed by atoms with van der Waals surface area (Å²) in [6, 6.07) is 26.0. The van der Waals surface area contributed by atoms with E-state index < -0.39 is 0 Å². The first-order chi connectivity index (χ1) is 12.1. The van der Waals surface area contributed by atoms with E-state index in [1.165, 1.54) is 0 Å². The van der Waals surface area contributed by atoms with Gasteiger partial charge in [-0.1, -0.05) is 72.8 Å². The average Bonchev–Trinajstić information content (AvgIpc) is 2.63. The third-order valence-electron chi connectivity index (χ3n) is 3.93. The first-order valence-corrected chi connectivity index (χ1v) is 8.72. The van der Waals surface area contributed by atoms with Gasteiger partial charge in [0, 0.05) is 23.6 Å². The Labute approximate surface area is 159 Å². The normalized spacial score (nSPS) is 10.5. The molecule has 3 rings (SSSR count). The van der Waals surface area contributed by atoms with Crippen LogP contribution in [0.15, 0.2) is 78.9 Å². The molecule has 0 aliphatic heterocycles. The zero-order chi connectivity index (χ0) is 17.6. The lowest BCUT2D eigenvalue weighted by Crippen LogP contribution is -2.17. The molecule has 3 aromatic carbocycles. The molecule has 3 aromatic rings. The van der Waals surface area contributed by atoms with Gasteiger partial charge in [-0.2, -0.15) is 0 Å². The second kappa shape index (κ2) is 8.28. The van der Waals surface area contributed by atoms with E-state index in [2.05, 4.69) is 6.92 Å². The number of halogens is 2. The van der Waals surface area contributed by atoms with E-state index >= 15 is 0 Å². The molecule has 127 valence electrons. The number of benzene rings is 3. The van der Waals surface area contributed by atoms with Gasteiger partial charge in [0.2, 0.25) is 0 Å². The van der Waals surface area contributed by atoms with Crippen molar-refractivity contribution >= 4 is 34.9 Å². The molecule has 0 unspecified atom stereocenters. The number of nitrogens with zero attached hydrogens (tertiary/aromatic N) is 2. The summed E-state index contributed by atoms with van der Waals surface area (Å²) in [5.74, 6) is 0. The smallest absolute Gasteiger partial charge is 0.0805 e. The van der Waals surface area contributed by atoms with Crippen LogP contribution in [0.25, 0.3) is 0 Å². The number of anilines is 2. The molecule has 0 aliphatic carbocycles. The van der Waals surface area contributed by atoms with Crippen LogP contribution in [0.4, 0.5) is 11.4 Å².